The quantitative estimate of drug-likeness (QED) is 0.518. The van der Waals surface area contributed by atoms with Gasteiger partial charge in [-0.05, 0) is 13.1 Å². The Labute approximate surface area is 156 Å². The minimum atomic E-state index is -0.208. The molecule has 142 valence electrons. The summed E-state index contributed by atoms with van der Waals surface area (Å²) >= 11 is 0. The van der Waals surface area contributed by atoms with Gasteiger partial charge in [0, 0.05) is 50.6 Å². The monoisotopic (exact) mass is 369 g/mol. The van der Waals surface area contributed by atoms with Crippen molar-refractivity contribution in [2.24, 2.45) is 0 Å². The van der Waals surface area contributed by atoms with Crippen molar-refractivity contribution in [3.8, 4) is 11.3 Å². The molecule has 1 aliphatic heterocycles. The smallest absolute Gasteiger partial charge is 0.271 e. The van der Waals surface area contributed by atoms with Gasteiger partial charge < -0.3 is 25.8 Å². The van der Waals surface area contributed by atoms with E-state index in [2.05, 4.69) is 30.9 Å². The number of aromatic nitrogens is 3. The fourth-order valence-electron chi connectivity index (χ4n) is 2.74. The van der Waals surface area contributed by atoms with Crippen molar-refractivity contribution in [3.05, 3.63) is 47.2 Å². The zero-order valence-electron chi connectivity index (χ0n) is 15.3. The molecule has 0 aliphatic carbocycles. The van der Waals surface area contributed by atoms with Crippen molar-refractivity contribution in [2.45, 2.75) is 6.04 Å². The van der Waals surface area contributed by atoms with Crippen molar-refractivity contribution in [3.63, 3.8) is 0 Å². The molecule has 0 atom stereocenters. The van der Waals surface area contributed by atoms with E-state index in [-0.39, 0.29) is 17.5 Å². The van der Waals surface area contributed by atoms with Crippen LogP contribution in [0, 0.1) is 0 Å². The standard InChI is InChI=1S/C18H23N7O2/c1-19-5-3-4-17(26)25-9-13(10-25)24-15-6-12(8-21-18(15)27)14-7-16(20-2)23-11-22-14/h3-4,6-8,11,13,19,24H,5,9-10H2,1-2H3,(H,21,27)(H,20,22,23)/b4-3+. The molecule has 1 aliphatic rings. The second-order valence-electron chi connectivity index (χ2n) is 6.21. The first-order valence-corrected chi connectivity index (χ1v) is 8.70. The third-order valence-corrected chi connectivity index (χ3v) is 4.26. The van der Waals surface area contributed by atoms with Crippen LogP contribution in [-0.4, -0.2) is 65.5 Å². The lowest BCUT2D eigenvalue weighted by Crippen LogP contribution is -2.57. The Morgan fingerprint density at radius 1 is 1.33 bits per heavy atom. The normalized spacial score (nSPS) is 14.2. The van der Waals surface area contributed by atoms with Crippen molar-refractivity contribution >= 4 is 17.4 Å². The fourth-order valence-corrected chi connectivity index (χ4v) is 2.74. The number of anilines is 2. The molecule has 0 radical (unpaired) electrons. The number of rotatable bonds is 7. The van der Waals surface area contributed by atoms with E-state index in [1.807, 2.05) is 7.05 Å². The number of hydrogen-bond donors (Lipinski definition) is 4. The molecule has 3 rings (SSSR count). The minimum absolute atomic E-state index is 0.0217. The molecule has 1 fully saturated rings. The number of H-pyrrole nitrogens is 1. The van der Waals surface area contributed by atoms with E-state index in [0.717, 1.165) is 5.56 Å². The van der Waals surface area contributed by atoms with Gasteiger partial charge in [-0.15, -0.1) is 0 Å². The van der Waals surface area contributed by atoms with Crippen LogP contribution in [0.3, 0.4) is 0 Å². The maximum Gasteiger partial charge on any atom is 0.271 e. The molecule has 0 spiro atoms. The number of nitrogens with one attached hydrogen (secondary N) is 4. The second kappa shape index (κ2) is 8.45. The maximum atomic E-state index is 12.1. The summed E-state index contributed by atoms with van der Waals surface area (Å²) in [6.45, 7) is 1.77. The summed E-state index contributed by atoms with van der Waals surface area (Å²) in [5.41, 5.74) is 1.73. The number of likely N-dealkylation sites (N-methyl/N-ethyl adjacent to an activating group) is 1. The highest BCUT2D eigenvalue weighted by atomic mass is 16.2. The molecule has 2 aromatic heterocycles. The minimum Gasteiger partial charge on any atom is -0.374 e. The summed E-state index contributed by atoms with van der Waals surface area (Å²) in [5.74, 6) is 0.673. The van der Waals surface area contributed by atoms with E-state index in [1.165, 1.54) is 6.33 Å². The molecule has 0 unspecified atom stereocenters. The third kappa shape index (κ3) is 4.50. The SMILES string of the molecule is CNC/C=C/C(=O)N1CC(Nc2cc(-c3cc(NC)ncn3)c[nH]c2=O)C1. The number of carbonyl (C=O) groups excluding carboxylic acids is 1. The Bertz CT molecular complexity index is 887. The summed E-state index contributed by atoms with van der Waals surface area (Å²) in [5, 5.41) is 9.12. The average molecular weight is 369 g/mol. The topological polar surface area (TPSA) is 115 Å². The highest BCUT2D eigenvalue weighted by Gasteiger charge is 2.29. The Morgan fingerprint density at radius 3 is 2.89 bits per heavy atom. The molecule has 3 heterocycles. The van der Waals surface area contributed by atoms with Crippen LogP contribution in [0.15, 0.2) is 41.6 Å². The van der Waals surface area contributed by atoms with Gasteiger partial charge in [0.25, 0.3) is 5.56 Å². The van der Waals surface area contributed by atoms with Gasteiger partial charge in [0.1, 0.15) is 17.8 Å². The zero-order chi connectivity index (χ0) is 19.2. The summed E-state index contributed by atoms with van der Waals surface area (Å²) in [4.78, 5) is 36.9. The number of hydrogen-bond acceptors (Lipinski definition) is 7. The lowest BCUT2D eigenvalue weighted by molar-refractivity contribution is -0.129. The molecular formula is C18H23N7O2. The predicted molar refractivity (Wildman–Crippen MR) is 105 cm³/mol. The third-order valence-electron chi connectivity index (χ3n) is 4.26. The highest BCUT2D eigenvalue weighted by molar-refractivity contribution is 5.88. The van der Waals surface area contributed by atoms with Gasteiger partial charge in [-0.25, -0.2) is 9.97 Å². The van der Waals surface area contributed by atoms with E-state index >= 15 is 0 Å². The first kappa shape index (κ1) is 18.6. The summed E-state index contributed by atoms with van der Waals surface area (Å²) in [7, 11) is 3.61. The lowest BCUT2D eigenvalue weighted by atomic mass is 10.1. The first-order chi connectivity index (χ1) is 13.1. The highest BCUT2D eigenvalue weighted by Crippen LogP contribution is 2.20. The Kier molecular flexibility index (Phi) is 5.82. The molecule has 0 saturated carbocycles. The summed E-state index contributed by atoms with van der Waals surface area (Å²) in [6.07, 6.45) is 6.45. The van der Waals surface area contributed by atoms with E-state index in [9.17, 15) is 9.59 Å². The summed E-state index contributed by atoms with van der Waals surface area (Å²) in [6, 6.07) is 3.61. The molecule has 4 N–H and O–H groups in total. The van der Waals surface area contributed by atoms with E-state index in [0.29, 0.717) is 36.8 Å². The van der Waals surface area contributed by atoms with Crippen LogP contribution in [0.5, 0.6) is 0 Å². The Balaban J connectivity index is 1.65. The Morgan fingerprint density at radius 2 is 2.15 bits per heavy atom. The van der Waals surface area contributed by atoms with Crippen LogP contribution in [0.1, 0.15) is 0 Å². The molecule has 27 heavy (non-hydrogen) atoms. The number of likely N-dealkylation sites (tertiary alicyclic amines) is 1. The molecule has 2 aromatic rings. The van der Waals surface area contributed by atoms with Gasteiger partial charge >= 0.3 is 0 Å². The molecule has 1 saturated heterocycles. The van der Waals surface area contributed by atoms with Crippen LogP contribution in [0.2, 0.25) is 0 Å². The molecular weight excluding hydrogens is 346 g/mol. The van der Waals surface area contributed by atoms with E-state index in [4.69, 9.17) is 0 Å². The first-order valence-electron chi connectivity index (χ1n) is 8.70. The number of carbonyl (C=O) groups is 1. The molecule has 0 bridgehead atoms. The van der Waals surface area contributed by atoms with Crippen molar-refractivity contribution < 1.29 is 4.79 Å². The predicted octanol–water partition coefficient (Wildman–Crippen LogP) is 0.272. The van der Waals surface area contributed by atoms with Crippen LogP contribution in [0.4, 0.5) is 11.5 Å². The van der Waals surface area contributed by atoms with Crippen molar-refractivity contribution in [1.29, 1.82) is 0 Å². The van der Waals surface area contributed by atoms with Crippen LogP contribution >= 0.6 is 0 Å². The van der Waals surface area contributed by atoms with Crippen molar-refractivity contribution in [2.75, 3.05) is 44.4 Å². The number of pyridine rings is 1. The van der Waals surface area contributed by atoms with Crippen LogP contribution in [0.25, 0.3) is 11.3 Å². The van der Waals surface area contributed by atoms with E-state index < -0.39 is 0 Å². The van der Waals surface area contributed by atoms with Crippen LogP contribution < -0.4 is 21.5 Å². The van der Waals surface area contributed by atoms with Gasteiger partial charge in [0.15, 0.2) is 0 Å². The van der Waals surface area contributed by atoms with Gasteiger partial charge in [-0.3, -0.25) is 9.59 Å². The van der Waals surface area contributed by atoms with Crippen molar-refractivity contribution in [1.82, 2.24) is 25.2 Å². The Hall–Kier alpha value is -3.20. The van der Waals surface area contributed by atoms with Gasteiger partial charge in [-0.2, -0.15) is 0 Å². The van der Waals surface area contributed by atoms with Gasteiger partial charge in [0.2, 0.25) is 5.91 Å². The number of nitrogens with zero attached hydrogens (tertiary/aromatic N) is 3. The fraction of sp³-hybridized carbons (Fsp3) is 0.333. The number of amides is 1. The second-order valence-corrected chi connectivity index (χ2v) is 6.21. The maximum absolute atomic E-state index is 12.1. The molecule has 1 amide bonds. The van der Waals surface area contributed by atoms with Crippen LogP contribution in [-0.2, 0) is 4.79 Å². The average Bonchev–Trinajstić information content (AvgIpc) is 2.65. The van der Waals surface area contributed by atoms with E-state index in [1.54, 1.807) is 42.4 Å². The largest absolute Gasteiger partial charge is 0.374 e. The molecule has 9 nitrogen and oxygen atoms in total. The van der Waals surface area contributed by atoms with Gasteiger partial charge in [0.05, 0.1) is 11.7 Å². The molecule has 0 aromatic carbocycles. The lowest BCUT2D eigenvalue weighted by Gasteiger charge is -2.39. The number of aromatic amines is 1. The summed E-state index contributed by atoms with van der Waals surface area (Å²) < 4.78 is 0. The van der Waals surface area contributed by atoms with Gasteiger partial charge in [-0.1, -0.05) is 6.08 Å². The zero-order valence-corrected chi connectivity index (χ0v) is 15.3. The molecule has 9 heteroatoms.